The first-order chi connectivity index (χ1) is 9.63. The van der Waals surface area contributed by atoms with E-state index in [0.717, 1.165) is 35.7 Å². The van der Waals surface area contributed by atoms with Crippen molar-refractivity contribution in [1.82, 2.24) is 9.97 Å². The van der Waals surface area contributed by atoms with Crippen LogP contribution in [0, 0.1) is 0 Å². The van der Waals surface area contributed by atoms with Crippen LogP contribution in [-0.4, -0.2) is 30.6 Å². The SMILES string of the molecule is CCc1cc(-c2ccc(CCN)cc2)nc(N(C)C)n1. The molecule has 2 aromatic rings. The van der Waals surface area contributed by atoms with Crippen molar-refractivity contribution in [2.24, 2.45) is 5.73 Å². The molecule has 0 bridgehead atoms. The highest BCUT2D eigenvalue weighted by molar-refractivity contribution is 5.61. The molecule has 4 heteroatoms. The minimum Gasteiger partial charge on any atom is -0.347 e. The summed E-state index contributed by atoms with van der Waals surface area (Å²) in [5.74, 6) is 0.755. The third kappa shape index (κ3) is 3.33. The van der Waals surface area contributed by atoms with E-state index in [1.54, 1.807) is 0 Å². The summed E-state index contributed by atoms with van der Waals surface area (Å²) in [6, 6.07) is 10.5. The summed E-state index contributed by atoms with van der Waals surface area (Å²) in [5, 5.41) is 0. The van der Waals surface area contributed by atoms with Gasteiger partial charge in [-0.25, -0.2) is 9.97 Å². The second kappa shape index (κ2) is 6.48. The van der Waals surface area contributed by atoms with Crippen molar-refractivity contribution < 1.29 is 0 Å². The topological polar surface area (TPSA) is 55.0 Å². The predicted octanol–water partition coefficient (Wildman–Crippen LogP) is 2.27. The lowest BCUT2D eigenvalue weighted by Crippen LogP contribution is -2.14. The van der Waals surface area contributed by atoms with Gasteiger partial charge in [-0.05, 0) is 31.0 Å². The first kappa shape index (κ1) is 14.5. The Morgan fingerprint density at radius 1 is 1.10 bits per heavy atom. The maximum Gasteiger partial charge on any atom is 0.225 e. The van der Waals surface area contributed by atoms with Gasteiger partial charge >= 0.3 is 0 Å². The van der Waals surface area contributed by atoms with E-state index in [1.807, 2.05) is 19.0 Å². The lowest BCUT2D eigenvalue weighted by atomic mass is 10.1. The molecule has 0 aliphatic rings. The van der Waals surface area contributed by atoms with Crippen LogP contribution in [0.4, 0.5) is 5.95 Å². The largest absolute Gasteiger partial charge is 0.347 e. The average molecular weight is 270 g/mol. The molecule has 1 aromatic heterocycles. The van der Waals surface area contributed by atoms with Crippen molar-refractivity contribution in [2.75, 3.05) is 25.5 Å². The zero-order valence-corrected chi connectivity index (χ0v) is 12.4. The Morgan fingerprint density at radius 2 is 1.80 bits per heavy atom. The first-order valence-corrected chi connectivity index (χ1v) is 6.98. The smallest absolute Gasteiger partial charge is 0.225 e. The second-order valence-corrected chi connectivity index (χ2v) is 5.03. The molecular weight excluding hydrogens is 248 g/mol. The lowest BCUT2D eigenvalue weighted by Gasteiger charge is -2.13. The van der Waals surface area contributed by atoms with Crippen LogP contribution < -0.4 is 10.6 Å². The zero-order chi connectivity index (χ0) is 14.5. The van der Waals surface area contributed by atoms with E-state index in [4.69, 9.17) is 5.73 Å². The first-order valence-electron chi connectivity index (χ1n) is 6.98. The van der Waals surface area contributed by atoms with E-state index in [0.29, 0.717) is 6.54 Å². The fourth-order valence-electron chi connectivity index (χ4n) is 2.02. The summed E-state index contributed by atoms with van der Waals surface area (Å²) in [5.41, 5.74) is 9.98. The normalized spacial score (nSPS) is 10.6. The molecule has 1 heterocycles. The minimum absolute atomic E-state index is 0.678. The molecule has 0 atom stereocenters. The van der Waals surface area contributed by atoms with Gasteiger partial charge < -0.3 is 10.6 Å². The molecular formula is C16H22N4. The number of hydrogen-bond donors (Lipinski definition) is 1. The standard InChI is InChI=1S/C16H22N4/c1-4-14-11-15(19-16(18-14)20(2)3)13-7-5-12(6-8-13)9-10-17/h5-8,11H,4,9-10,17H2,1-3H3. The molecule has 0 aliphatic carbocycles. The van der Waals surface area contributed by atoms with Crippen LogP contribution in [-0.2, 0) is 12.8 Å². The predicted molar refractivity (Wildman–Crippen MR) is 83.9 cm³/mol. The molecule has 0 spiro atoms. The van der Waals surface area contributed by atoms with Gasteiger partial charge in [0.25, 0.3) is 0 Å². The quantitative estimate of drug-likeness (QED) is 0.905. The second-order valence-electron chi connectivity index (χ2n) is 5.03. The van der Waals surface area contributed by atoms with Crippen molar-refractivity contribution in [3.8, 4) is 11.3 Å². The number of nitrogens with zero attached hydrogens (tertiary/aromatic N) is 3. The van der Waals surface area contributed by atoms with Crippen LogP contribution >= 0.6 is 0 Å². The molecule has 0 fully saturated rings. The van der Waals surface area contributed by atoms with Crippen molar-refractivity contribution in [3.63, 3.8) is 0 Å². The molecule has 20 heavy (non-hydrogen) atoms. The summed E-state index contributed by atoms with van der Waals surface area (Å²) in [6.45, 7) is 2.79. The van der Waals surface area contributed by atoms with Gasteiger partial charge in [-0.3, -0.25) is 0 Å². The van der Waals surface area contributed by atoms with Gasteiger partial charge in [0.2, 0.25) is 5.95 Å². The molecule has 2 N–H and O–H groups in total. The van der Waals surface area contributed by atoms with Gasteiger partial charge in [0.15, 0.2) is 0 Å². The maximum absolute atomic E-state index is 5.57. The molecule has 2 rings (SSSR count). The minimum atomic E-state index is 0.678. The van der Waals surface area contributed by atoms with Crippen molar-refractivity contribution in [2.45, 2.75) is 19.8 Å². The Hall–Kier alpha value is -1.94. The molecule has 0 aliphatic heterocycles. The molecule has 0 saturated heterocycles. The number of aryl methyl sites for hydroxylation is 1. The van der Waals surface area contributed by atoms with Crippen LogP contribution in [0.3, 0.4) is 0 Å². The highest BCUT2D eigenvalue weighted by Gasteiger charge is 2.07. The summed E-state index contributed by atoms with van der Waals surface area (Å²) >= 11 is 0. The maximum atomic E-state index is 5.57. The number of benzene rings is 1. The Kier molecular flexibility index (Phi) is 4.69. The Labute approximate surface area is 120 Å². The van der Waals surface area contributed by atoms with Crippen molar-refractivity contribution in [3.05, 3.63) is 41.6 Å². The molecule has 106 valence electrons. The number of rotatable bonds is 5. The number of nitrogens with two attached hydrogens (primary N) is 1. The van der Waals surface area contributed by atoms with Crippen molar-refractivity contribution >= 4 is 5.95 Å². The van der Waals surface area contributed by atoms with Crippen LogP contribution in [0.2, 0.25) is 0 Å². The van der Waals surface area contributed by atoms with E-state index in [9.17, 15) is 0 Å². The third-order valence-corrected chi connectivity index (χ3v) is 3.21. The van der Waals surface area contributed by atoms with Crippen LogP contribution in [0.1, 0.15) is 18.2 Å². The van der Waals surface area contributed by atoms with Gasteiger partial charge in [0, 0.05) is 25.4 Å². The highest BCUT2D eigenvalue weighted by Crippen LogP contribution is 2.21. The monoisotopic (exact) mass is 270 g/mol. The third-order valence-electron chi connectivity index (χ3n) is 3.21. The average Bonchev–Trinajstić information content (AvgIpc) is 2.47. The Balaban J connectivity index is 2.37. The molecule has 0 radical (unpaired) electrons. The number of anilines is 1. The van der Waals surface area contributed by atoms with E-state index in [2.05, 4.69) is 47.2 Å². The molecule has 4 nitrogen and oxygen atoms in total. The van der Waals surface area contributed by atoms with Gasteiger partial charge in [0.05, 0.1) is 5.69 Å². The van der Waals surface area contributed by atoms with Gasteiger partial charge in [0.1, 0.15) is 0 Å². The molecule has 1 aromatic carbocycles. The number of hydrogen-bond acceptors (Lipinski definition) is 4. The lowest BCUT2D eigenvalue weighted by molar-refractivity contribution is 0.942. The van der Waals surface area contributed by atoms with Crippen LogP contribution in [0.15, 0.2) is 30.3 Å². The van der Waals surface area contributed by atoms with Crippen LogP contribution in [0.5, 0.6) is 0 Å². The summed E-state index contributed by atoms with van der Waals surface area (Å²) in [7, 11) is 3.92. The van der Waals surface area contributed by atoms with E-state index >= 15 is 0 Å². The number of aromatic nitrogens is 2. The Bertz CT molecular complexity index is 561. The van der Waals surface area contributed by atoms with Gasteiger partial charge in [-0.2, -0.15) is 0 Å². The fraction of sp³-hybridized carbons (Fsp3) is 0.375. The molecule has 0 amide bonds. The van der Waals surface area contributed by atoms with E-state index in [1.165, 1.54) is 5.56 Å². The summed E-state index contributed by atoms with van der Waals surface area (Å²) < 4.78 is 0. The molecule has 0 saturated carbocycles. The summed E-state index contributed by atoms with van der Waals surface area (Å²) in [4.78, 5) is 11.1. The summed E-state index contributed by atoms with van der Waals surface area (Å²) in [6.07, 6.45) is 1.81. The highest BCUT2D eigenvalue weighted by atomic mass is 15.2. The van der Waals surface area contributed by atoms with E-state index in [-0.39, 0.29) is 0 Å². The molecule has 0 unspecified atom stereocenters. The van der Waals surface area contributed by atoms with Crippen LogP contribution in [0.25, 0.3) is 11.3 Å². The Morgan fingerprint density at radius 3 is 2.35 bits per heavy atom. The zero-order valence-electron chi connectivity index (χ0n) is 12.4. The van der Waals surface area contributed by atoms with E-state index < -0.39 is 0 Å². The van der Waals surface area contributed by atoms with Gasteiger partial charge in [-0.1, -0.05) is 31.2 Å². The van der Waals surface area contributed by atoms with Crippen molar-refractivity contribution in [1.29, 1.82) is 0 Å². The van der Waals surface area contributed by atoms with Gasteiger partial charge in [-0.15, -0.1) is 0 Å². The fourth-order valence-corrected chi connectivity index (χ4v) is 2.02.